The van der Waals surface area contributed by atoms with Gasteiger partial charge in [-0.15, -0.1) is 0 Å². The molecule has 17 heavy (non-hydrogen) atoms. The largest absolute Gasteiger partial charge is 0.0876 e. The molecule has 0 radical (unpaired) electrons. The Bertz CT molecular complexity index is 527. The van der Waals surface area contributed by atoms with E-state index in [1.807, 2.05) is 0 Å². The molecule has 0 aliphatic carbocycles. The Balaban J connectivity index is 2.23. The van der Waals surface area contributed by atoms with Gasteiger partial charge in [-0.2, -0.15) is 0 Å². The van der Waals surface area contributed by atoms with Crippen molar-refractivity contribution in [2.24, 2.45) is 0 Å². The van der Waals surface area contributed by atoms with Gasteiger partial charge >= 0.3 is 0 Å². The molecule has 0 spiro atoms. The Morgan fingerprint density at radius 2 is 1.82 bits per heavy atom. The first-order valence-corrected chi connectivity index (χ1v) is 6.80. The number of alkyl halides is 1. The van der Waals surface area contributed by atoms with Crippen LogP contribution in [0.1, 0.15) is 22.3 Å². The van der Waals surface area contributed by atoms with Crippen LogP contribution in [0.5, 0.6) is 0 Å². The summed E-state index contributed by atoms with van der Waals surface area (Å²) >= 11 is 3.48. The number of aryl methyl sites for hydroxylation is 1. The summed E-state index contributed by atoms with van der Waals surface area (Å²) in [5.74, 6) is 0. The quantitative estimate of drug-likeness (QED) is 0.546. The summed E-state index contributed by atoms with van der Waals surface area (Å²) in [7, 11) is 0. The summed E-state index contributed by atoms with van der Waals surface area (Å²) in [6.07, 6.45) is 4.33. The Morgan fingerprint density at radius 3 is 2.59 bits per heavy atom. The van der Waals surface area contributed by atoms with E-state index >= 15 is 0 Å². The highest BCUT2D eigenvalue weighted by Crippen LogP contribution is 2.14. The van der Waals surface area contributed by atoms with Crippen LogP contribution in [0.25, 0.3) is 12.2 Å². The molecule has 0 aliphatic heterocycles. The van der Waals surface area contributed by atoms with E-state index < -0.39 is 0 Å². The van der Waals surface area contributed by atoms with Gasteiger partial charge in [0.1, 0.15) is 0 Å². The van der Waals surface area contributed by atoms with E-state index in [1.54, 1.807) is 0 Å². The van der Waals surface area contributed by atoms with Crippen molar-refractivity contribution in [2.45, 2.75) is 12.3 Å². The fourth-order valence-electron chi connectivity index (χ4n) is 1.74. The Kier molecular flexibility index (Phi) is 4.16. The van der Waals surface area contributed by atoms with E-state index in [1.165, 1.54) is 22.3 Å². The van der Waals surface area contributed by atoms with Crippen molar-refractivity contribution in [3.8, 4) is 0 Å². The maximum absolute atomic E-state index is 3.48. The third kappa shape index (κ3) is 3.31. The molecular weight excluding hydrogens is 272 g/mol. The van der Waals surface area contributed by atoms with Crippen LogP contribution in [-0.4, -0.2) is 0 Å². The second-order valence-electron chi connectivity index (χ2n) is 4.07. The van der Waals surface area contributed by atoms with Gasteiger partial charge in [0.25, 0.3) is 0 Å². The monoisotopic (exact) mass is 286 g/mol. The third-order valence-electron chi connectivity index (χ3n) is 2.75. The highest BCUT2D eigenvalue weighted by molar-refractivity contribution is 9.08. The second kappa shape index (κ2) is 5.83. The van der Waals surface area contributed by atoms with E-state index in [0.717, 1.165) is 5.33 Å². The van der Waals surface area contributed by atoms with E-state index in [4.69, 9.17) is 0 Å². The Morgan fingerprint density at radius 1 is 1.00 bits per heavy atom. The second-order valence-corrected chi connectivity index (χ2v) is 4.63. The van der Waals surface area contributed by atoms with Gasteiger partial charge in [-0.05, 0) is 29.2 Å². The lowest BCUT2D eigenvalue weighted by Crippen LogP contribution is -1.80. The fourth-order valence-corrected chi connectivity index (χ4v) is 2.09. The van der Waals surface area contributed by atoms with Crippen molar-refractivity contribution >= 4 is 28.1 Å². The van der Waals surface area contributed by atoms with Gasteiger partial charge in [-0.25, -0.2) is 0 Å². The minimum absolute atomic E-state index is 0.902. The van der Waals surface area contributed by atoms with Crippen molar-refractivity contribution in [2.75, 3.05) is 0 Å². The average Bonchev–Trinajstić information content (AvgIpc) is 2.38. The molecule has 0 N–H and O–H groups in total. The van der Waals surface area contributed by atoms with Gasteiger partial charge in [-0.3, -0.25) is 0 Å². The fraction of sp³-hybridized carbons (Fsp3) is 0.125. The van der Waals surface area contributed by atoms with Gasteiger partial charge in [0, 0.05) is 5.33 Å². The van der Waals surface area contributed by atoms with E-state index in [9.17, 15) is 0 Å². The maximum Gasteiger partial charge on any atom is 0.0283 e. The highest BCUT2D eigenvalue weighted by atomic mass is 79.9. The molecule has 0 saturated heterocycles. The van der Waals surface area contributed by atoms with Crippen LogP contribution in [-0.2, 0) is 5.33 Å². The molecule has 0 saturated carbocycles. The van der Waals surface area contributed by atoms with Crippen molar-refractivity contribution in [3.63, 3.8) is 0 Å². The molecule has 86 valence electrons. The molecule has 0 unspecified atom stereocenters. The van der Waals surface area contributed by atoms with Crippen LogP contribution in [0, 0.1) is 6.92 Å². The van der Waals surface area contributed by atoms with E-state index in [0.29, 0.717) is 0 Å². The summed E-state index contributed by atoms with van der Waals surface area (Å²) < 4.78 is 0. The normalized spacial score (nSPS) is 10.9. The van der Waals surface area contributed by atoms with Crippen LogP contribution in [0.15, 0.2) is 48.5 Å². The van der Waals surface area contributed by atoms with Crippen LogP contribution in [0.3, 0.4) is 0 Å². The number of benzene rings is 2. The number of hydrogen-bond acceptors (Lipinski definition) is 0. The lowest BCUT2D eigenvalue weighted by molar-refractivity contribution is 1.42. The van der Waals surface area contributed by atoms with E-state index in [2.05, 4.69) is 83.5 Å². The van der Waals surface area contributed by atoms with Crippen LogP contribution in [0.4, 0.5) is 0 Å². The smallest absolute Gasteiger partial charge is 0.0283 e. The van der Waals surface area contributed by atoms with Gasteiger partial charge in [0.05, 0.1) is 0 Å². The van der Waals surface area contributed by atoms with Gasteiger partial charge in [-0.1, -0.05) is 76.6 Å². The molecule has 0 atom stereocenters. The van der Waals surface area contributed by atoms with Gasteiger partial charge in [0.2, 0.25) is 0 Å². The van der Waals surface area contributed by atoms with Crippen LogP contribution >= 0.6 is 15.9 Å². The SMILES string of the molecule is Cc1ccccc1C=Cc1cccc(CBr)c1. The van der Waals surface area contributed by atoms with Crippen molar-refractivity contribution in [1.82, 2.24) is 0 Å². The lowest BCUT2D eigenvalue weighted by Gasteiger charge is -2.00. The first-order chi connectivity index (χ1) is 8.29. The zero-order valence-corrected chi connectivity index (χ0v) is 11.4. The van der Waals surface area contributed by atoms with Crippen molar-refractivity contribution in [3.05, 3.63) is 70.8 Å². The summed E-state index contributed by atoms with van der Waals surface area (Å²) in [4.78, 5) is 0. The Hall–Kier alpha value is -1.34. The molecule has 1 heteroatoms. The molecule has 0 bridgehead atoms. The first-order valence-electron chi connectivity index (χ1n) is 5.68. The first kappa shape index (κ1) is 12.1. The summed E-state index contributed by atoms with van der Waals surface area (Å²) in [6.45, 7) is 2.13. The molecule has 0 aliphatic rings. The van der Waals surface area contributed by atoms with Gasteiger partial charge in [0.15, 0.2) is 0 Å². The van der Waals surface area contributed by atoms with Crippen LogP contribution < -0.4 is 0 Å². The summed E-state index contributed by atoms with van der Waals surface area (Å²) in [5, 5.41) is 0.902. The topological polar surface area (TPSA) is 0 Å². The predicted molar refractivity (Wildman–Crippen MR) is 79.2 cm³/mol. The molecule has 0 nitrogen and oxygen atoms in total. The molecule has 0 aromatic heterocycles. The molecule has 0 fully saturated rings. The standard InChI is InChI=1S/C16H15Br/c1-13-5-2-3-8-16(13)10-9-14-6-4-7-15(11-14)12-17/h2-11H,12H2,1H3. The summed E-state index contributed by atoms with van der Waals surface area (Å²) in [5.41, 5.74) is 5.12. The number of hydrogen-bond donors (Lipinski definition) is 0. The van der Waals surface area contributed by atoms with E-state index in [-0.39, 0.29) is 0 Å². The van der Waals surface area contributed by atoms with Crippen LogP contribution in [0.2, 0.25) is 0 Å². The summed E-state index contributed by atoms with van der Waals surface area (Å²) in [6, 6.07) is 17.0. The molecule has 2 rings (SSSR count). The van der Waals surface area contributed by atoms with Crippen molar-refractivity contribution in [1.29, 1.82) is 0 Å². The number of rotatable bonds is 3. The molecule has 2 aromatic rings. The predicted octanol–water partition coefficient (Wildman–Crippen LogP) is 5.06. The zero-order valence-electron chi connectivity index (χ0n) is 9.86. The zero-order chi connectivity index (χ0) is 12.1. The minimum atomic E-state index is 0.902. The maximum atomic E-state index is 3.48. The molecule has 0 amide bonds. The van der Waals surface area contributed by atoms with Crippen molar-refractivity contribution < 1.29 is 0 Å². The molecule has 2 aromatic carbocycles. The average molecular weight is 287 g/mol. The highest BCUT2D eigenvalue weighted by Gasteiger charge is 1.93. The minimum Gasteiger partial charge on any atom is -0.0876 e. The number of halogens is 1. The third-order valence-corrected chi connectivity index (χ3v) is 3.40. The molecule has 0 heterocycles. The van der Waals surface area contributed by atoms with Gasteiger partial charge < -0.3 is 0 Å². The molecular formula is C16H15Br. The Labute approximate surface area is 111 Å². The lowest BCUT2D eigenvalue weighted by atomic mass is 10.1.